The van der Waals surface area contributed by atoms with Crippen LogP contribution in [0.5, 0.6) is 0 Å². The van der Waals surface area contributed by atoms with E-state index in [1.54, 1.807) is 0 Å². The van der Waals surface area contributed by atoms with E-state index in [-0.39, 0.29) is 5.70 Å². The molecular formula is C43H44N4O4. The normalized spacial score (nSPS) is 17.0. The lowest BCUT2D eigenvalue weighted by atomic mass is 9.94. The molecule has 1 N–H and O–H groups in total. The van der Waals surface area contributed by atoms with Crippen molar-refractivity contribution in [3.8, 4) is 0 Å². The second-order valence-electron chi connectivity index (χ2n) is 15.4. The number of hydroxylamine groups is 2. The first-order valence-corrected chi connectivity index (χ1v) is 17.4. The molecule has 8 nitrogen and oxygen atoms in total. The molecular weight excluding hydrogens is 636 g/mol. The number of rotatable bonds is 8. The highest BCUT2D eigenvalue weighted by Gasteiger charge is 2.42. The van der Waals surface area contributed by atoms with Crippen LogP contribution in [0.2, 0.25) is 0 Å². The monoisotopic (exact) mass is 680 g/mol. The Kier molecular flexibility index (Phi) is 9.56. The van der Waals surface area contributed by atoms with Crippen LogP contribution < -0.4 is 15.0 Å². The lowest BCUT2D eigenvalue weighted by Crippen LogP contribution is -2.37. The van der Waals surface area contributed by atoms with Crippen molar-refractivity contribution in [2.24, 2.45) is 0 Å². The van der Waals surface area contributed by atoms with Crippen LogP contribution >= 0.6 is 0 Å². The predicted molar refractivity (Wildman–Crippen MR) is 203 cm³/mol. The van der Waals surface area contributed by atoms with Gasteiger partial charge in [0.25, 0.3) is 5.70 Å². The highest BCUT2D eigenvalue weighted by molar-refractivity contribution is 5.94. The fourth-order valence-corrected chi connectivity index (χ4v) is 7.16. The van der Waals surface area contributed by atoms with Crippen LogP contribution in [0.1, 0.15) is 94.5 Å². The zero-order valence-electron chi connectivity index (χ0n) is 30.1. The van der Waals surface area contributed by atoms with Crippen molar-refractivity contribution < 1.29 is 20.3 Å². The molecule has 0 spiro atoms. The third-order valence-electron chi connectivity index (χ3n) is 9.69. The maximum atomic E-state index is 12.9. The fourth-order valence-electron chi connectivity index (χ4n) is 7.16. The quantitative estimate of drug-likeness (QED) is 0.0866. The Morgan fingerprint density at radius 1 is 0.765 bits per heavy atom. The molecule has 1 aliphatic heterocycles. The molecule has 0 saturated heterocycles. The first kappa shape index (κ1) is 35.5. The molecule has 6 rings (SSSR count). The molecule has 260 valence electrons. The minimum Gasteiger partial charge on any atom is -0.486 e. The molecule has 2 radical (unpaired) electrons. The summed E-state index contributed by atoms with van der Waals surface area (Å²) in [6, 6.07) is 30.1. The summed E-state index contributed by atoms with van der Waals surface area (Å²) in [6.07, 6.45) is 6.84. The number of hydrogen-bond donors (Lipinski definition) is 1. The van der Waals surface area contributed by atoms with Gasteiger partial charge in [0.2, 0.25) is 0 Å². The van der Waals surface area contributed by atoms with Gasteiger partial charge in [-0.05, 0) is 142 Å². The van der Waals surface area contributed by atoms with Crippen LogP contribution in [0.4, 0.5) is 22.7 Å². The number of anilines is 4. The van der Waals surface area contributed by atoms with Gasteiger partial charge in [0.05, 0.1) is 29.0 Å². The van der Waals surface area contributed by atoms with Gasteiger partial charge >= 0.3 is 5.97 Å². The summed E-state index contributed by atoms with van der Waals surface area (Å²) < 4.78 is 0. The highest BCUT2D eigenvalue weighted by atomic mass is 16.5. The van der Waals surface area contributed by atoms with E-state index in [1.165, 1.54) is 11.6 Å². The van der Waals surface area contributed by atoms with Gasteiger partial charge in [-0.2, -0.15) is 0 Å². The maximum absolute atomic E-state index is 12.9. The third-order valence-corrected chi connectivity index (χ3v) is 9.69. The number of benzene rings is 4. The zero-order valence-corrected chi connectivity index (χ0v) is 30.1. The molecule has 1 fully saturated rings. The molecule has 2 unspecified atom stereocenters. The number of carbonyl (C=O) groups is 1. The van der Waals surface area contributed by atoms with E-state index >= 15 is 0 Å². The van der Waals surface area contributed by atoms with Crippen molar-refractivity contribution in [3.05, 3.63) is 136 Å². The SMILES string of the molecule is [C-]#[N+]/C(=C\c1ccc2c(c1)C1CCCC1N2c1ccc(C=C(c2ccc(N([O])C(C)(C)C)cc2)c2ccc(N([O])C(C)(C)C)cc2)cc1)C(=O)O. The van der Waals surface area contributed by atoms with Gasteiger partial charge in [0.15, 0.2) is 0 Å². The molecule has 1 aliphatic carbocycles. The van der Waals surface area contributed by atoms with Crippen molar-refractivity contribution in [1.82, 2.24) is 0 Å². The minimum atomic E-state index is -1.22. The lowest BCUT2D eigenvalue weighted by Gasteiger charge is -2.29. The molecule has 8 heteroatoms. The summed E-state index contributed by atoms with van der Waals surface area (Å²) in [7, 11) is 0. The molecule has 0 amide bonds. The summed E-state index contributed by atoms with van der Waals surface area (Å²) in [5, 5.41) is 37.2. The van der Waals surface area contributed by atoms with Crippen molar-refractivity contribution in [2.75, 3.05) is 15.0 Å². The fraction of sp³-hybridized carbons (Fsp3) is 0.302. The predicted octanol–water partition coefficient (Wildman–Crippen LogP) is 10.3. The topological polar surface area (TPSA) is 91.2 Å². The Labute approximate surface area is 300 Å². The van der Waals surface area contributed by atoms with Gasteiger partial charge in [0.1, 0.15) is 0 Å². The van der Waals surface area contributed by atoms with E-state index in [0.29, 0.717) is 23.3 Å². The standard InChI is InChI=1S/C43H44N4O4/c1-42(2,3)46(50)33-20-14-30(15-21-33)36(31-16-22-34(23-17-31)47(51)43(4,5)6)25-28-11-18-32(19-12-28)45-39-10-8-9-35(39)37-26-29(13-24-40(37)45)27-38(44-7)41(48)49/h11-27,35,39H,8-10H2,1-6H3,(H,48,49)/b38-27-. The van der Waals surface area contributed by atoms with Crippen LogP contribution in [0.3, 0.4) is 0 Å². The van der Waals surface area contributed by atoms with E-state index < -0.39 is 17.0 Å². The van der Waals surface area contributed by atoms with Crippen LogP contribution in [-0.2, 0) is 15.2 Å². The first-order valence-electron chi connectivity index (χ1n) is 17.4. The number of hydrogen-bond acceptors (Lipinski definition) is 4. The summed E-state index contributed by atoms with van der Waals surface area (Å²) in [6.45, 7) is 18.6. The summed E-state index contributed by atoms with van der Waals surface area (Å²) in [5.74, 6) is -0.875. The Morgan fingerprint density at radius 3 is 1.78 bits per heavy atom. The molecule has 1 heterocycles. The van der Waals surface area contributed by atoms with E-state index in [9.17, 15) is 20.3 Å². The number of aliphatic carboxylic acids is 1. The number of carboxylic acid groups (broad SMARTS) is 1. The van der Waals surface area contributed by atoms with Gasteiger partial charge in [-0.25, -0.2) is 15.0 Å². The van der Waals surface area contributed by atoms with E-state index in [0.717, 1.165) is 68.6 Å². The van der Waals surface area contributed by atoms with Crippen molar-refractivity contribution >= 4 is 46.4 Å². The van der Waals surface area contributed by atoms with Crippen LogP contribution in [0, 0.1) is 6.57 Å². The maximum Gasteiger partial charge on any atom is 0.333 e. The van der Waals surface area contributed by atoms with Crippen LogP contribution in [-0.4, -0.2) is 28.2 Å². The Bertz CT molecular complexity index is 1950. The van der Waals surface area contributed by atoms with Crippen molar-refractivity contribution in [2.45, 2.75) is 83.8 Å². The molecule has 51 heavy (non-hydrogen) atoms. The smallest absolute Gasteiger partial charge is 0.333 e. The summed E-state index contributed by atoms with van der Waals surface area (Å²) in [5.41, 5.74) is 7.75. The molecule has 4 aromatic rings. The average molecular weight is 681 g/mol. The van der Waals surface area contributed by atoms with Crippen LogP contribution in [0.15, 0.2) is 96.7 Å². The lowest BCUT2D eigenvalue weighted by molar-refractivity contribution is -0.132. The average Bonchev–Trinajstić information content (AvgIpc) is 3.70. The molecule has 2 aliphatic rings. The van der Waals surface area contributed by atoms with Gasteiger partial charge in [-0.1, -0.05) is 65.4 Å². The Balaban J connectivity index is 1.35. The molecule has 1 saturated carbocycles. The highest BCUT2D eigenvalue weighted by Crippen LogP contribution is 2.52. The van der Waals surface area contributed by atoms with E-state index in [2.05, 4.69) is 40.1 Å². The van der Waals surface area contributed by atoms with Gasteiger partial charge in [-0.3, -0.25) is 4.79 Å². The number of fused-ring (bicyclic) bond motifs is 3. The van der Waals surface area contributed by atoms with E-state index in [1.807, 2.05) is 108 Å². The third kappa shape index (κ3) is 7.27. The number of nitrogens with zero attached hydrogens (tertiary/aromatic N) is 4. The largest absolute Gasteiger partial charge is 0.486 e. The van der Waals surface area contributed by atoms with Crippen molar-refractivity contribution in [1.29, 1.82) is 0 Å². The number of carboxylic acids is 1. The molecule has 2 atom stereocenters. The van der Waals surface area contributed by atoms with Gasteiger partial charge in [0, 0.05) is 23.3 Å². The summed E-state index contributed by atoms with van der Waals surface area (Å²) in [4.78, 5) is 17.1. The summed E-state index contributed by atoms with van der Waals surface area (Å²) >= 11 is 0. The van der Waals surface area contributed by atoms with Crippen molar-refractivity contribution in [3.63, 3.8) is 0 Å². The molecule has 4 aromatic carbocycles. The zero-order chi connectivity index (χ0) is 36.7. The second kappa shape index (κ2) is 13.7. The van der Waals surface area contributed by atoms with Crippen LogP contribution in [0.25, 0.3) is 22.6 Å². The van der Waals surface area contributed by atoms with Gasteiger partial charge in [-0.15, -0.1) is 0 Å². The first-order chi connectivity index (χ1) is 24.2. The Hall–Kier alpha value is -5.36. The minimum absolute atomic E-state index is 0.294. The van der Waals surface area contributed by atoms with E-state index in [4.69, 9.17) is 6.57 Å². The second-order valence-corrected chi connectivity index (χ2v) is 15.4. The van der Waals surface area contributed by atoms with Gasteiger partial charge < -0.3 is 10.0 Å². The molecule has 0 aromatic heterocycles. The Morgan fingerprint density at radius 2 is 1.29 bits per heavy atom. The molecule has 0 bridgehead atoms.